The topological polar surface area (TPSA) is 122 Å². The van der Waals surface area contributed by atoms with E-state index in [-0.39, 0.29) is 32.8 Å². The number of ether oxygens (including phenoxy) is 1. The minimum atomic E-state index is -3.80. The van der Waals surface area contributed by atoms with Crippen molar-refractivity contribution in [2.45, 2.75) is 62.3 Å². The van der Waals surface area contributed by atoms with Crippen LogP contribution in [0.5, 0.6) is 5.75 Å². The van der Waals surface area contributed by atoms with Gasteiger partial charge < -0.3 is 10.1 Å². The van der Waals surface area contributed by atoms with Gasteiger partial charge in [-0.3, -0.25) is 4.79 Å². The highest BCUT2D eigenvalue weighted by Gasteiger charge is 2.28. The lowest BCUT2D eigenvalue weighted by molar-refractivity contribution is 0.102. The van der Waals surface area contributed by atoms with E-state index in [4.69, 9.17) is 4.74 Å². The highest BCUT2D eigenvalue weighted by atomic mass is 32.2. The van der Waals surface area contributed by atoms with Crippen LogP contribution >= 0.6 is 0 Å². The predicted octanol–water partition coefficient (Wildman–Crippen LogP) is 3.51. The molecule has 0 bridgehead atoms. The molecule has 0 unspecified atom stereocenters. The third kappa shape index (κ3) is 6.40. The maximum Gasteiger partial charge on any atom is 0.255 e. The molecule has 0 aromatic heterocycles. The lowest BCUT2D eigenvalue weighted by Gasteiger charge is -2.21. The van der Waals surface area contributed by atoms with Crippen molar-refractivity contribution >= 4 is 31.6 Å². The predicted molar refractivity (Wildman–Crippen MR) is 135 cm³/mol. The largest absolute Gasteiger partial charge is 0.495 e. The van der Waals surface area contributed by atoms with E-state index in [2.05, 4.69) is 10.0 Å². The van der Waals surface area contributed by atoms with Gasteiger partial charge in [0.05, 0.1) is 22.6 Å². The number of nitrogens with one attached hydrogen (secondary N) is 2. The summed E-state index contributed by atoms with van der Waals surface area (Å²) in [6.45, 7) is 6.03. The van der Waals surface area contributed by atoms with Crippen molar-refractivity contribution in [1.29, 1.82) is 0 Å². The molecule has 2 aromatic rings. The molecule has 0 saturated carbocycles. The molecule has 9 nitrogen and oxygen atoms in total. The average Bonchev–Trinajstić information content (AvgIpc) is 3.08. The number of methoxy groups -OCH3 is 1. The molecule has 1 fully saturated rings. The molecule has 35 heavy (non-hydrogen) atoms. The molecule has 2 N–H and O–H groups in total. The first-order valence-corrected chi connectivity index (χ1v) is 14.5. The number of aryl methyl sites for hydroxylation is 1. The molecule has 1 heterocycles. The van der Waals surface area contributed by atoms with E-state index < -0.39 is 26.0 Å². The van der Waals surface area contributed by atoms with E-state index in [1.54, 1.807) is 32.9 Å². The van der Waals surface area contributed by atoms with Crippen LogP contribution in [0.25, 0.3) is 0 Å². The van der Waals surface area contributed by atoms with E-state index in [1.807, 2.05) is 0 Å². The van der Waals surface area contributed by atoms with E-state index in [1.165, 1.54) is 35.7 Å². The summed E-state index contributed by atoms with van der Waals surface area (Å²) in [6.07, 6.45) is 3.61. The number of carbonyl (C=O) groups excluding carboxylic acids is 1. The summed E-state index contributed by atoms with van der Waals surface area (Å²) >= 11 is 0. The van der Waals surface area contributed by atoms with Crippen molar-refractivity contribution in [2.75, 3.05) is 25.5 Å². The molecule has 0 spiro atoms. The van der Waals surface area contributed by atoms with Gasteiger partial charge in [0.15, 0.2) is 0 Å². The third-order valence-electron chi connectivity index (χ3n) is 5.75. The Morgan fingerprint density at radius 1 is 0.971 bits per heavy atom. The van der Waals surface area contributed by atoms with Gasteiger partial charge in [-0.05, 0) is 69.5 Å². The van der Waals surface area contributed by atoms with Crippen LogP contribution in [0.1, 0.15) is 55.5 Å². The fraction of sp³-hybridized carbons (Fsp3) is 0.458. The Hall–Kier alpha value is -2.47. The molecule has 1 amide bonds. The molecule has 1 aliphatic heterocycles. The van der Waals surface area contributed by atoms with Crippen LogP contribution in [-0.2, 0) is 20.0 Å². The Labute approximate surface area is 208 Å². The van der Waals surface area contributed by atoms with Gasteiger partial charge in [-0.15, -0.1) is 0 Å². The smallest absolute Gasteiger partial charge is 0.255 e. The molecule has 1 aliphatic rings. The van der Waals surface area contributed by atoms with Gasteiger partial charge in [0.1, 0.15) is 5.75 Å². The van der Waals surface area contributed by atoms with Gasteiger partial charge >= 0.3 is 0 Å². The van der Waals surface area contributed by atoms with Crippen LogP contribution in [0.4, 0.5) is 5.69 Å². The lowest BCUT2D eigenvalue weighted by atomic mass is 10.1. The van der Waals surface area contributed by atoms with E-state index >= 15 is 0 Å². The van der Waals surface area contributed by atoms with Gasteiger partial charge in [0.25, 0.3) is 5.91 Å². The summed E-state index contributed by atoms with van der Waals surface area (Å²) in [4.78, 5) is 13.2. The minimum absolute atomic E-state index is 0.0318. The molecule has 3 rings (SSSR count). The number of nitrogens with zero attached hydrogens (tertiary/aromatic N) is 1. The minimum Gasteiger partial charge on any atom is -0.495 e. The molecule has 0 aliphatic carbocycles. The zero-order chi connectivity index (χ0) is 25.8. The van der Waals surface area contributed by atoms with E-state index in [9.17, 15) is 21.6 Å². The van der Waals surface area contributed by atoms with Crippen LogP contribution in [0.15, 0.2) is 46.2 Å². The molecule has 0 atom stereocenters. The SMILES string of the molecule is COc1ccc(S(=O)(=O)NC(C)C)cc1NC(=O)c1ccc(C)c(S(=O)(=O)N2CCCCCC2)c1. The van der Waals surface area contributed by atoms with Gasteiger partial charge in [-0.1, -0.05) is 18.9 Å². The van der Waals surface area contributed by atoms with Crippen molar-refractivity contribution in [1.82, 2.24) is 9.03 Å². The average molecular weight is 524 g/mol. The number of amides is 1. The summed E-state index contributed by atoms with van der Waals surface area (Å²) in [7, 11) is -6.14. The maximum absolute atomic E-state index is 13.3. The lowest BCUT2D eigenvalue weighted by Crippen LogP contribution is -2.32. The number of hydrogen-bond donors (Lipinski definition) is 2. The van der Waals surface area contributed by atoms with Crippen LogP contribution < -0.4 is 14.8 Å². The summed E-state index contributed by atoms with van der Waals surface area (Å²) in [5.74, 6) is -0.312. The fourth-order valence-electron chi connectivity index (χ4n) is 3.97. The van der Waals surface area contributed by atoms with Crippen molar-refractivity contribution in [3.8, 4) is 5.75 Å². The number of sulfonamides is 2. The number of rotatable bonds is 8. The Balaban J connectivity index is 1.93. The number of benzene rings is 2. The van der Waals surface area contributed by atoms with E-state index in [0.717, 1.165) is 25.7 Å². The van der Waals surface area contributed by atoms with Crippen LogP contribution in [-0.4, -0.2) is 53.3 Å². The first-order valence-electron chi connectivity index (χ1n) is 11.6. The van der Waals surface area contributed by atoms with Crippen LogP contribution in [0.2, 0.25) is 0 Å². The molecule has 192 valence electrons. The third-order valence-corrected chi connectivity index (χ3v) is 9.45. The zero-order valence-electron chi connectivity index (χ0n) is 20.5. The maximum atomic E-state index is 13.3. The highest BCUT2D eigenvalue weighted by Crippen LogP contribution is 2.29. The molecule has 0 radical (unpaired) electrons. The first kappa shape index (κ1) is 27.1. The van der Waals surface area contributed by atoms with Gasteiger partial charge in [-0.2, -0.15) is 4.31 Å². The number of hydrogen-bond acceptors (Lipinski definition) is 6. The fourth-order valence-corrected chi connectivity index (χ4v) is 7.01. The van der Waals surface area contributed by atoms with Gasteiger partial charge in [-0.25, -0.2) is 21.6 Å². The molecule has 1 saturated heterocycles. The normalized spacial score (nSPS) is 15.6. The summed E-state index contributed by atoms with van der Waals surface area (Å²) in [5, 5.41) is 2.67. The Morgan fingerprint density at radius 2 is 1.63 bits per heavy atom. The molecule has 2 aromatic carbocycles. The quantitative estimate of drug-likeness (QED) is 0.546. The van der Waals surface area contributed by atoms with Crippen molar-refractivity contribution in [3.05, 3.63) is 47.5 Å². The Bertz CT molecular complexity index is 1280. The summed E-state index contributed by atoms with van der Waals surface area (Å²) < 4.78 is 61.1. The summed E-state index contributed by atoms with van der Waals surface area (Å²) in [5.41, 5.74) is 0.845. The first-order chi connectivity index (χ1) is 16.5. The van der Waals surface area contributed by atoms with Crippen molar-refractivity contribution in [3.63, 3.8) is 0 Å². The van der Waals surface area contributed by atoms with Crippen molar-refractivity contribution < 1.29 is 26.4 Å². The van der Waals surface area contributed by atoms with Gasteiger partial charge in [0, 0.05) is 24.7 Å². The van der Waals surface area contributed by atoms with Crippen LogP contribution in [0, 0.1) is 6.92 Å². The second-order valence-electron chi connectivity index (χ2n) is 8.89. The summed E-state index contributed by atoms with van der Waals surface area (Å²) in [6, 6.07) is 8.36. The standard InChI is InChI=1S/C24H33N3O6S2/c1-17(2)26-34(29,30)20-11-12-22(33-4)21(16-20)25-24(28)19-10-9-18(3)23(15-19)35(31,32)27-13-7-5-6-8-14-27/h9-12,15-17,26H,5-8,13-14H2,1-4H3,(H,25,28). The highest BCUT2D eigenvalue weighted by molar-refractivity contribution is 7.89. The van der Waals surface area contributed by atoms with E-state index in [0.29, 0.717) is 18.7 Å². The van der Waals surface area contributed by atoms with Crippen LogP contribution in [0.3, 0.4) is 0 Å². The Kier molecular flexibility index (Phi) is 8.58. The number of anilines is 1. The molecule has 11 heteroatoms. The zero-order valence-corrected chi connectivity index (χ0v) is 22.1. The Morgan fingerprint density at radius 3 is 2.23 bits per heavy atom. The number of carbonyl (C=O) groups is 1. The second kappa shape index (κ2) is 11.1. The van der Waals surface area contributed by atoms with Crippen molar-refractivity contribution in [2.24, 2.45) is 0 Å². The van der Waals surface area contributed by atoms with Gasteiger partial charge in [0.2, 0.25) is 20.0 Å². The monoisotopic (exact) mass is 523 g/mol. The second-order valence-corrected chi connectivity index (χ2v) is 12.5. The molecular formula is C24H33N3O6S2. The molecular weight excluding hydrogens is 490 g/mol.